The van der Waals surface area contributed by atoms with E-state index in [0.29, 0.717) is 10.6 Å². The van der Waals surface area contributed by atoms with E-state index in [0.717, 1.165) is 37.8 Å². The summed E-state index contributed by atoms with van der Waals surface area (Å²) in [5.41, 5.74) is 0.970. The van der Waals surface area contributed by atoms with Gasteiger partial charge in [0.15, 0.2) is 5.13 Å². The van der Waals surface area contributed by atoms with Gasteiger partial charge in [-0.1, -0.05) is 6.92 Å². The van der Waals surface area contributed by atoms with Crippen molar-refractivity contribution in [3.05, 3.63) is 51.3 Å². The van der Waals surface area contributed by atoms with Crippen molar-refractivity contribution in [1.82, 2.24) is 19.4 Å². The molecule has 1 amide bonds. The molecule has 0 aliphatic carbocycles. The highest BCUT2D eigenvalue weighted by Gasteiger charge is 2.20. The van der Waals surface area contributed by atoms with E-state index in [1.54, 1.807) is 0 Å². The zero-order valence-corrected chi connectivity index (χ0v) is 15.6. The van der Waals surface area contributed by atoms with Gasteiger partial charge in [-0.25, -0.2) is 14.4 Å². The number of nitrogens with zero attached hydrogens (tertiary/aromatic N) is 4. The molecule has 2 aromatic heterocycles. The number of likely N-dealkylation sites (N-methyl/N-ethyl adjacent to an activating group) is 1. The van der Waals surface area contributed by atoms with E-state index in [1.807, 2.05) is 0 Å². The van der Waals surface area contributed by atoms with E-state index in [1.165, 1.54) is 39.2 Å². The molecule has 1 aliphatic rings. The summed E-state index contributed by atoms with van der Waals surface area (Å²) in [6.07, 6.45) is 2.17. The lowest BCUT2D eigenvalue weighted by Crippen LogP contribution is -2.29. The van der Waals surface area contributed by atoms with Crippen LogP contribution in [0.2, 0.25) is 0 Å². The van der Waals surface area contributed by atoms with Gasteiger partial charge in [-0.15, -0.1) is 11.3 Å². The smallest absolute Gasteiger partial charge is 0.261 e. The SMILES string of the molecule is CCN1CCc2nc(NC(=O)Cn3cnc4ccc(F)cc4c3=O)sc2C1. The highest BCUT2D eigenvalue weighted by atomic mass is 32.1. The van der Waals surface area contributed by atoms with Gasteiger partial charge in [0.05, 0.1) is 22.9 Å². The Kier molecular flexibility index (Phi) is 4.71. The molecule has 0 radical (unpaired) electrons. The highest BCUT2D eigenvalue weighted by molar-refractivity contribution is 7.15. The highest BCUT2D eigenvalue weighted by Crippen LogP contribution is 2.28. The molecule has 9 heteroatoms. The minimum atomic E-state index is -0.516. The van der Waals surface area contributed by atoms with Gasteiger partial charge in [-0.3, -0.25) is 19.1 Å². The normalized spacial score (nSPS) is 14.3. The van der Waals surface area contributed by atoms with Gasteiger partial charge >= 0.3 is 0 Å². The number of benzene rings is 1. The first-order valence-corrected chi connectivity index (χ1v) is 9.50. The van der Waals surface area contributed by atoms with E-state index in [9.17, 15) is 14.0 Å². The van der Waals surface area contributed by atoms with Crippen LogP contribution < -0.4 is 10.9 Å². The molecule has 0 fully saturated rings. The van der Waals surface area contributed by atoms with Gasteiger partial charge in [0.25, 0.3) is 5.56 Å². The second-order valence-electron chi connectivity index (χ2n) is 6.39. The Hall–Kier alpha value is -2.65. The number of anilines is 1. The predicted molar refractivity (Wildman–Crippen MR) is 101 cm³/mol. The van der Waals surface area contributed by atoms with E-state index in [-0.39, 0.29) is 17.8 Å². The number of carbonyl (C=O) groups is 1. The van der Waals surface area contributed by atoms with Crippen LogP contribution >= 0.6 is 11.3 Å². The number of hydrogen-bond acceptors (Lipinski definition) is 6. The second-order valence-corrected chi connectivity index (χ2v) is 7.48. The fourth-order valence-corrected chi connectivity index (χ4v) is 4.20. The number of fused-ring (bicyclic) bond motifs is 2. The Morgan fingerprint density at radius 1 is 1.41 bits per heavy atom. The molecular formula is C18H18FN5O2S. The summed E-state index contributed by atoms with van der Waals surface area (Å²) in [7, 11) is 0. The number of nitrogens with one attached hydrogen (secondary N) is 1. The number of rotatable bonds is 4. The summed E-state index contributed by atoms with van der Waals surface area (Å²) >= 11 is 1.46. The lowest BCUT2D eigenvalue weighted by Gasteiger charge is -2.23. The third-order valence-electron chi connectivity index (χ3n) is 4.60. The van der Waals surface area contributed by atoms with E-state index < -0.39 is 11.4 Å². The van der Waals surface area contributed by atoms with Gasteiger partial charge in [0.2, 0.25) is 5.91 Å². The molecule has 1 aliphatic heterocycles. The van der Waals surface area contributed by atoms with Gasteiger partial charge in [0.1, 0.15) is 12.4 Å². The number of thiazole rings is 1. The molecule has 0 saturated carbocycles. The quantitative estimate of drug-likeness (QED) is 0.741. The van der Waals surface area contributed by atoms with E-state index >= 15 is 0 Å². The summed E-state index contributed by atoms with van der Waals surface area (Å²) in [5.74, 6) is -0.883. The molecule has 4 rings (SSSR count). The molecule has 1 N–H and O–H groups in total. The molecule has 0 bridgehead atoms. The topological polar surface area (TPSA) is 80.1 Å². The maximum Gasteiger partial charge on any atom is 0.261 e. The summed E-state index contributed by atoms with van der Waals surface area (Å²) in [6, 6.07) is 3.82. The van der Waals surface area contributed by atoms with E-state index in [2.05, 4.69) is 27.1 Å². The Morgan fingerprint density at radius 3 is 3.07 bits per heavy atom. The van der Waals surface area contributed by atoms with Gasteiger partial charge < -0.3 is 5.32 Å². The monoisotopic (exact) mass is 387 g/mol. The Labute approximate surface area is 158 Å². The average Bonchev–Trinajstić information content (AvgIpc) is 3.05. The summed E-state index contributed by atoms with van der Waals surface area (Å²) in [4.78, 5) is 36.9. The van der Waals surface area contributed by atoms with Gasteiger partial charge in [-0.05, 0) is 24.7 Å². The van der Waals surface area contributed by atoms with Crippen LogP contribution in [0.5, 0.6) is 0 Å². The number of hydrogen-bond donors (Lipinski definition) is 1. The van der Waals surface area contributed by atoms with Gasteiger partial charge in [0, 0.05) is 24.4 Å². The molecular weight excluding hydrogens is 369 g/mol. The second kappa shape index (κ2) is 7.16. The predicted octanol–water partition coefficient (Wildman–Crippen LogP) is 2.01. The lowest BCUT2D eigenvalue weighted by molar-refractivity contribution is -0.116. The Balaban J connectivity index is 1.50. The van der Waals surface area contributed by atoms with Crippen molar-refractivity contribution in [3.8, 4) is 0 Å². The first-order valence-electron chi connectivity index (χ1n) is 8.69. The number of amides is 1. The van der Waals surface area contributed by atoms with Crippen LogP contribution in [0.1, 0.15) is 17.5 Å². The van der Waals surface area contributed by atoms with Crippen molar-refractivity contribution >= 4 is 33.3 Å². The number of carbonyl (C=O) groups excluding carboxylic acids is 1. The van der Waals surface area contributed by atoms with Gasteiger partial charge in [-0.2, -0.15) is 0 Å². The first kappa shape index (κ1) is 17.7. The molecule has 0 unspecified atom stereocenters. The molecule has 0 saturated heterocycles. The molecule has 27 heavy (non-hydrogen) atoms. The summed E-state index contributed by atoms with van der Waals surface area (Å²) in [5, 5.41) is 3.44. The number of aromatic nitrogens is 3. The van der Waals surface area contributed by atoms with Crippen LogP contribution in [0.25, 0.3) is 10.9 Å². The number of halogens is 1. The largest absolute Gasteiger partial charge is 0.300 e. The first-order chi connectivity index (χ1) is 13.0. The van der Waals surface area contributed by atoms with Crippen LogP contribution in [0.4, 0.5) is 9.52 Å². The van der Waals surface area contributed by atoms with Crippen LogP contribution in [0.3, 0.4) is 0 Å². The third kappa shape index (κ3) is 3.60. The van der Waals surface area contributed by atoms with Crippen molar-refractivity contribution in [1.29, 1.82) is 0 Å². The van der Waals surface area contributed by atoms with E-state index in [4.69, 9.17) is 0 Å². The van der Waals surface area contributed by atoms with Crippen molar-refractivity contribution in [2.45, 2.75) is 26.4 Å². The average molecular weight is 387 g/mol. The third-order valence-corrected chi connectivity index (χ3v) is 5.60. The maximum absolute atomic E-state index is 13.4. The molecule has 0 atom stereocenters. The fraction of sp³-hybridized carbons (Fsp3) is 0.333. The van der Waals surface area contributed by atoms with Crippen molar-refractivity contribution < 1.29 is 9.18 Å². The summed E-state index contributed by atoms with van der Waals surface area (Å²) in [6.45, 7) is 4.71. The van der Waals surface area contributed by atoms with Crippen LogP contribution in [0.15, 0.2) is 29.3 Å². The van der Waals surface area contributed by atoms with Crippen LogP contribution in [-0.4, -0.2) is 38.4 Å². The molecule has 7 nitrogen and oxygen atoms in total. The molecule has 1 aromatic carbocycles. The molecule has 140 valence electrons. The van der Waals surface area contributed by atoms with Crippen LogP contribution in [-0.2, 0) is 24.3 Å². The fourth-order valence-electron chi connectivity index (χ4n) is 3.13. The van der Waals surface area contributed by atoms with Crippen molar-refractivity contribution in [3.63, 3.8) is 0 Å². The van der Waals surface area contributed by atoms with Crippen molar-refractivity contribution in [2.75, 3.05) is 18.4 Å². The molecule has 0 spiro atoms. The van der Waals surface area contributed by atoms with Crippen LogP contribution in [0, 0.1) is 5.82 Å². The zero-order chi connectivity index (χ0) is 19.0. The molecule has 3 heterocycles. The molecule has 3 aromatic rings. The maximum atomic E-state index is 13.4. The summed E-state index contributed by atoms with van der Waals surface area (Å²) < 4.78 is 14.6. The minimum absolute atomic E-state index is 0.148. The Morgan fingerprint density at radius 2 is 2.26 bits per heavy atom. The lowest BCUT2D eigenvalue weighted by atomic mass is 10.2. The standard InChI is InChI=1S/C18H18FN5O2S/c1-2-23-6-5-14-15(8-23)27-18(21-14)22-16(25)9-24-10-20-13-4-3-11(19)7-12(13)17(24)26/h3-4,7,10H,2,5-6,8-9H2,1H3,(H,21,22,25). The Bertz CT molecular complexity index is 1080. The minimum Gasteiger partial charge on any atom is -0.300 e. The zero-order valence-electron chi connectivity index (χ0n) is 14.7. The van der Waals surface area contributed by atoms with Crippen molar-refractivity contribution in [2.24, 2.45) is 0 Å².